The van der Waals surface area contributed by atoms with E-state index in [9.17, 15) is 26.4 Å². The molecule has 0 saturated heterocycles. The average Bonchev–Trinajstić information content (AvgIpc) is 2.97. The van der Waals surface area contributed by atoms with E-state index in [1.807, 2.05) is 0 Å². The van der Waals surface area contributed by atoms with Crippen molar-refractivity contribution in [3.63, 3.8) is 0 Å². The van der Waals surface area contributed by atoms with Gasteiger partial charge in [-0.1, -0.05) is 23.2 Å². The summed E-state index contributed by atoms with van der Waals surface area (Å²) < 4.78 is 89.6. The molecule has 0 aromatic heterocycles. The van der Waals surface area contributed by atoms with Crippen LogP contribution in [0.3, 0.4) is 0 Å². The van der Waals surface area contributed by atoms with Gasteiger partial charge in [0.25, 0.3) is 15.9 Å². The molecule has 0 atom stereocenters. The minimum atomic E-state index is -4.86. The van der Waals surface area contributed by atoms with Crippen LogP contribution in [0.2, 0.25) is 10.0 Å². The van der Waals surface area contributed by atoms with Gasteiger partial charge in [0.15, 0.2) is 5.75 Å². The summed E-state index contributed by atoms with van der Waals surface area (Å²) >= 11 is 11.6. The van der Waals surface area contributed by atoms with Crippen molar-refractivity contribution < 1.29 is 45.3 Å². The van der Waals surface area contributed by atoms with Crippen molar-refractivity contribution in [2.45, 2.75) is 11.1 Å². The highest BCUT2D eigenvalue weighted by atomic mass is 35.5. The monoisotopic (exact) mass is 679 g/mol. The van der Waals surface area contributed by atoms with Crippen molar-refractivity contribution in [1.29, 1.82) is 0 Å². The van der Waals surface area contributed by atoms with Gasteiger partial charge >= 0.3 is 6.18 Å². The zero-order valence-corrected chi connectivity index (χ0v) is 25.5. The molecule has 0 spiro atoms. The van der Waals surface area contributed by atoms with Gasteiger partial charge in [-0.15, -0.1) is 0 Å². The highest BCUT2D eigenvalue weighted by molar-refractivity contribution is 7.92. The molecule has 4 N–H and O–H groups in total. The quantitative estimate of drug-likeness (QED) is 0.163. The number of hydrogen-bond donors (Lipinski definition) is 3. The Balaban J connectivity index is 1.55. The number of ether oxygens (including phenoxy) is 4. The van der Waals surface area contributed by atoms with E-state index in [4.69, 9.17) is 47.9 Å². The van der Waals surface area contributed by atoms with E-state index in [2.05, 4.69) is 10.0 Å². The Hall–Kier alpha value is -3.11. The highest BCUT2D eigenvalue weighted by Crippen LogP contribution is 2.37. The normalized spacial score (nSPS) is 11.8. The molecule has 3 aromatic rings. The van der Waals surface area contributed by atoms with Crippen LogP contribution in [-0.2, 0) is 30.4 Å². The lowest BCUT2D eigenvalue weighted by Crippen LogP contribution is -2.27. The minimum absolute atomic E-state index is 0.00407. The number of nitrogens with one attached hydrogen (secondary N) is 2. The Kier molecular flexibility index (Phi) is 13.5. The average molecular weight is 681 g/mol. The molecule has 0 heterocycles. The van der Waals surface area contributed by atoms with Gasteiger partial charge in [0, 0.05) is 23.7 Å². The first-order chi connectivity index (χ1) is 20.9. The molecule has 0 fully saturated rings. The second kappa shape index (κ2) is 16.8. The summed E-state index contributed by atoms with van der Waals surface area (Å²) in [5.74, 6) is -0.106. The second-order valence-electron chi connectivity index (χ2n) is 8.89. The third kappa shape index (κ3) is 11.1. The molecule has 0 radical (unpaired) electrons. The summed E-state index contributed by atoms with van der Waals surface area (Å²) in [6.45, 7) is 3.12. The summed E-state index contributed by atoms with van der Waals surface area (Å²) in [7, 11) is -4.51. The summed E-state index contributed by atoms with van der Waals surface area (Å²) in [6, 6.07) is 12.2. The maximum absolute atomic E-state index is 13.3. The van der Waals surface area contributed by atoms with E-state index < -0.39 is 31.7 Å². The lowest BCUT2D eigenvalue weighted by Gasteiger charge is -2.15. The molecule has 3 rings (SSSR count). The molecule has 1 amide bonds. The van der Waals surface area contributed by atoms with E-state index in [0.717, 1.165) is 12.1 Å². The molecule has 10 nitrogen and oxygen atoms in total. The van der Waals surface area contributed by atoms with Gasteiger partial charge < -0.3 is 30.0 Å². The minimum Gasteiger partial charge on any atom is -0.455 e. The summed E-state index contributed by atoms with van der Waals surface area (Å²) in [6.07, 6.45) is -4.86. The Morgan fingerprint density at radius 3 is 2.11 bits per heavy atom. The van der Waals surface area contributed by atoms with Crippen LogP contribution in [0, 0.1) is 0 Å². The number of alkyl halides is 3. The standard InChI is InChI=1S/C28H30Cl2F3N3O7S/c29-20-3-8-26(25(17-20)36-44(38,39)22-6-7-24(30)23(18-22)28(31,32)33)43-21-4-1-19(2-5-21)27(37)35-10-12-41-14-16-42-15-13-40-11-9-34/h1-8,17-18,36H,9-16,34H2,(H,35,37). The zero-order chi connectivity index (χ0) is 32.2. The van der Waals surface area contributed by atoms with Crippen LogP contribution in [0.5, 0.6) is 11.5 Å². The molecule has 240 valence electrons. The van der Waals surface area contributed by atoms with E-state index in [1.54, 1.807) is 0 Å². The zero-order valence-electron chi connectivity index (χ0n) is 23.2. The van der Waals surface area contributed by atoms with Crippen LogP contribution < -0.4 is 20.5 Å². The molecule has 3 aromatic carbocycles. The van der Waals surface area contributed by atoms with Crippen molar-refractivity contribution in [3.8, 4) is 11.5 Å². The number of halogens is 5. The predicted molar refractivity (Wildman–Crippen MR) is 159 cm³/mol. The summed E-state index contributed by atoms with van der Waals surface area (Å²) in [4.78, 5) is 11.8. The first-order valence-electron chi connectivity index (χ1n) is 13.1. The Morgan fingerprint density at radius 2 is 1.48 bits per heavy atom. The van der Waals surface area contributed by atoms with Crippen molar-refractivity contribution in [1.82, 2.24) is 5.32 Å². The van der Waals surface area contributed by atoms with E-state index in [0.29, 0.717) is 51.2 Å². The first kappa shape index (κ1) is 35.4. The molecule has 16 heteroatoms. The predicted octanol–water partition coefficient (Wildman–Crippen LogP) is 5.34. The second-order valence-corrected chi connectivity index (χ2v) is 11.4. The number of carbonyl (C=O) groups is 1. The van der Waals surface area contributed by atoms with E-state index in [-0.39, 0.29) is 41.3 Å². The van der Waals surface area contributed by atoms with E-state index >= 15 is 0 Å². The van der Waals surface area contributed by atoms with Crippen LogP contribution in [0.1, 0.15) is 15.9 Å². The molecule has 0 saturated carbocycles. The van der Waals surface area contributed by atoms with Crippen LogP contribution in [0.15, 0.2) is 65.6 Å². The Labute approximate surface area is 262 Å². The summed E-state index contributed by atoms with van der Waals surface area (Å²) in [5, 5.41) is 2.21. The fraction of sp³-hybridized carbons (Fsp3) is 0.321. The number of anilines is 1. The van der Waals surface area contributed by atoms with Crippen molar-refractivity contribution >= 4 is 44.8 Å². The molecule has 0 aliphatic rings. The van der Waals surface area contributed by atoms with Crippen LogP contribution in [-0.4, -0.2) is 67.1 Å². The topological polar surface area (TPSA) is 138 Å². The van der Waals surface area contributed by atoms with Crippen LogP contribution in [0.25, 0.3) is 0 Å². The van der Waals surface area contributed by atoms with Gasteiger partial charge in [0.1, 0.15) is 5.75 Å². The van der Waals surface area contributed by atoms with Crippen molar-refractivity contribution in [3.05, 3.63) is 81.8 Å². The smallest absolute Gasteiger partial charge is 0.417 e. The number of benzene rings is 3. The van der Waals surface area contributed by atoms with Gasteiger partial charge in [-0.05, 0) is 60.7 Å². The number of nitrogens with two attached hydrogens (primary N) is 1. The van der Waals surface area contributed by atoms with E-state index in [1.165, 1.54) is 42.5 Å². The van der Waals surface area contributed by atoms with Crippen molar-refractivity contribution in [2.75, 3.05) is 57.5 Å². The van der Waals surface area contributed by atoms with Gasteiger partial charge in [-0.25, -0.2) is 8.42 Å². The molecule has 44 heavy (non-hydrogen) atoms. The lowest BCUT2D eigenvalue weighted by molar-refractivity contribution is -0.137. The molecular formula is C28H30Cl2F3N3O7S. The van der Waals surface area contributed by atoms with Crippen molar-refractivity contribution in [2.24, 2.45) is 5.73 Å². The fourth-order valence-electron chi connectivity index (χ4n) is 3.53. The summed E-state index contributed by atoms with van der Waals surface area (Å²) in [5.41, 5.74) is 4.22. The third-order valence-electron chi connectivity index (χ3n) is 5.62. The molecule has 0 bridgehead atoms. The Morgan fingerprint density at radius 1 is 0.841 bits per heavy atom. The van der Waals surface area contributed by atoms with Crippen LogP contribution >= 0.6 is 23.2 Å². The maximum atomic E-state index is 13.3. The fourth-order valence-corrected chi connectivity index (χ4v) is 5.01. The highest BCUT2D eigenvalue weighted by Gasteiger charge is 2.34. The molecular weight excluding hydrogens is 650 g/mol. The SMILES string of the molecule is NCCOCCOCCOCCNC(=O)c1ccc(Oc2ccc(Cl)cc2NS(=O)(=O)c2ccc(Cl)c(C(F)(F)F)c2)cc1. The largest absolute Gasteiger partial charge is 0.455 e. The van der Waals surface area contributed by atoms with Gasteiger partial charge in [0.2, 0.25) is 0 Å². The molecule has 0 aliphatic heterocycles. The third-order valence-corrected chi connectivity index (χ3v) is 7.55. The lowest BCUT2D eigenvalue weighted by atomic mass is 10.2. The van der Waals surface area contributed by atoms with Crippen LogP contribution in [0.4, 0.5) is 18.9 Å². The Bertz CT molecular complexity index is 1490. The molecule has 0 aliphatic carbocycles. The van der Waals surface area contributed by atoms with Gasteiger partial charge in [-0.2, -0.15) is 13.2 Å². The van der Waals surface area contributed by atoms with Gasteiger partial charge in [-0.3, -0.25) is 9.52 Å². The number of carbonyl (C=O) groups excluding carboxylic acids is 1. The first-order valence-corrected chi connectivity index (χ1v) is 15.3. The maximum Gasteiger partial charge on any atom is 0.417 e. The van der Waals surface area contributed by atoms with Gasteiger partial charge in [0.05, 0.1) is 60.8 Å². The number of sulfonamides is 1. The number of amides is 1. The number of rotatable bonds is 17. The molecule has 0 unspecified atom stereocenters. The number of hydrogen-bond acceptors (Lipinski definition) is 8.